The number of hydrogen-bond acceptors (Lipinski definition) is 5. The maximum Gasteiger partial charge on any atom is 0.472 e. The standard InChI is InChI=1S/C20H20F3N5O4/c21-20(22,23)18(30)26-25-17(29)16-7-6-14(12-24-16)13-28(15-4-2-1-3-5-15)19(31)27-8-10-32-11-9-27/h1-7,12H,8-11,13H2,(H,25,29)(H,26,30). The van der Waals surface area contributed by atoms with Gasteiger partial charge in [-0.3, -0.25) is 30.3 Å². The van der Waals surface area contributed by atoms with Gasteiger partial charge in [0.1, 0.15) is 5.69 Å². The van der Waals surface area contributed by atoms with E-state index in [1.54, 1.807) is 39.5 Å². The Hall–Kier alpha value is -3.67. The number of anilines is 1. The monoisotopic (exact) mass is 451 g/mol. The molecule has 9 nitrogen and oxygen atoms in total. The number of hydrogen-bond donors (Lipinski definition) is 2. The fourth-order valence-electron chi connectivity index (χ4n) is 2.89. The van der Waals surface area contributed by atoms with Crippen molar-refractivity contribution >= 4 is 23.5 Å². The van der Waals surface area contributed by atoms with Gasteiger partial charge in [-0.1, -0.05) is 24.3 Å². The number of benzene rings is 1. The molecule has 0 radical (unpaired) electrons. The lowest BCUT2D eigenvalue weighted by Gasteiger charge is -2.33. The van der Waals surface area contributed by atoms with Crippen molar-refractivity contribution in [2.75, 3.05) is 31.2 Å². The number of nitrogens with one attached hydrogen (secondary N) is 2. The first-order valence-corrected chi connectivity index (χ1v) is 9.57. The van der Waals surface area contributed by atoms with E-state index in [0.29, 0.717) is 37.6 Å². The highest BCUT2D eigenvalue weighted by molar-refractivity contribution is 5.94. The number of alkyl halides is 3. The van der Waals surface area contributed by atoms with Crippen molar-refractivity contribution in [3.8, 4) is 0 Å². The van der Waals surface area contributed by atoms with Crippen molar-refractivity contribution in [1.29, 1.82) is 0 Å². The maximum absolute atomic E-state index is 13.1. The molecule has 0 saturated carbocycles. The molecule has 2 heterocycles. The van der Waals surface area contributed by atoms with Crippen LogP contribution in [0, 0.1) is 0 Å². The molecule has 32 heavy (non-hydrogen) atoms. The molecule has 2 N–H and O–H groups in total. The number of morpholine rings is 1. The highest BCUT2D eigenvalue weighted by atomic mass is 19.4. The zero-order chi connectivity index (χ0) is 23.1. The molecular formula is C20H20F3N5O4. The summed E-state index contributed by atoms with van der Waals surface area (Å²) >= 11 is 0. The van der Waals surface area contributed by atoms with Gasteiger partial charge in [0.15, 0.2) is 0 Å². The topological polar surface area (TPSA) is 104 Å². The summed E-state index contributed by atoms with van der Waals surface area (Å²) in [7, 11) is 0. The van der Waals surface area contributed by atoms with Crippen LogP contribution in [0.2, 0.25) is 0 Å². The quantitative estimate of drug-likeness (QED) is 0.691. The number of aromatic nitrogens is 1. The van der Waals surface area contributed by atoms with Crippen LogP contribution in [0.4, 0.5) is 23.7 Å². The van der Waals surface area contributed by atoms with Crippen molar-refractivity contribution in [3.05, 3.63) is 59.9 Å². The third kappa shape index (κ3) is 5.94. The Kier molecular flexibility index (Phi) is 7.25. The Labute approximate surface area is 181 Å². The average Bonchev–Trinajstić information content (AvgIpc) is 2.81. The van der Waals surface area contributed by atoms with Gasteiger partial charge in [-0.25, -0.2) is 4.79 Å². The molecule has 4 amide bonds. The number of carbonyl (C=O) groups is 3. The van der Waals surface area contributed by atoms with E-state index in [1.165, 1.54) is 23.8 Å². The van der Waals surface area contributed by atoms with E-state index in [2.05, 4.69) is 4.98 Å². The summed E-state index contributed by atoms with van der Waals surface area (Å²) in [5.41, 5.74) is 3.97. The summed E-state index contributed by atoms with van der Waals surface area (Å²) in [4.78, 5) is 42.9. The predicted octanol–water partition coefficient (Wildman–Crippen LogP) is 1.86. The number of para-hydroxylation sites is 1. The zero-order valence-corrected chi connectivity index (χ0v) is 16.8. The number of rotatable bonds is 4. The van der Waals surface area contributed by atoms with E-state index in [9.17, 15) is 27.6 Å². The van der Waals surface area contributed by atoms with Crippen molar-refractivity contribution < 1.29 is 32.3 Å². The van der Waals surface area contributed by atoms with Gasteiger partial charge in [-0.2, -0.15) is 13.2 Å². The SMILES string of the molecule is O=C(NNC(=O)C(F)(F)F)c1ccc(CN(C(=O)N2CCOCC2)c2ccccc2)cn1. The molecule has 0 spiro atoms. The van der Waals surface area contributed by atoms with Crippen LogP contribution >= 0.6 is 0 Å². The lowest BCUT2D eigenvalue weighted by Crippen LogP contribution is -2.48. The first-order chi connectivity index (χ1) is 15.3. The summed E-state index contributed by atoms with van der Waals surface area (Å²) in [6, 6.07) is 11.6. The highest BCUT2D eigenvalue weighted by Gasteiger charge is 2.39. The predicted molar refractivity (Wildman–Crippen MR) is 106 cm³/mol. The van der Waals surface area contributed by atoms with Gasteiger partial charge in [0.05, 0.1) is 19.8 Å². The van der Waals surface area contributed by atoms with Gasteiger partial charge in [0.2, 0.25) is 0 Å². The molecule has 1 aliphatic rings. The van der Waals surface area contributed by atoms with Crippen molar-refractivity contribution in [1.82, 2.24) is 20.7 Å². The Morgan fingerprint density at radius 3 is 2.31 bits per heavy atom. The number of nitrogens with zero attached hydrogens (tertiary/aromatic N) is 3. The normalized spacial score (nSPS) is 13.9. The summed E-state index contributed by atoms with van der Waals surface area (Å²) in [5.74, 6) is -3.32. The fourth-order valence-corrected chi connectivity index (χ4v) is 2.89. The molecule has 3 rings (SSSR count). The third-order valence-electron chi connectivity index (χ3n) is 4.53. The second-order valence-electron chi connectivity index (χ2n) is 6.76. The van der Waals surface area contributed by atoms with Gasteiger partial charge >= 0.3 is 18.1 Å². The minimum absolute atomic E-state index is 0.153. The number of pyridine rings is 1. The summed E-state index contributed by atoms with van der Waals surface area (Å²) < 4.78 is 41.9. The van der Waals surface area contributed by atoms with Crippen molar-refractivity contribution in [2.24, 2.45) is 0 Å². The summed E-state index contributed by atoms with van der Waals surface area (Å²) in [5, 5.41) is 0. The largest absolute Gasteiger partial charge is 0.472 e. The minimum Gasteiger partial charge on any atom is -0.378 e. The molecule has 0 bridgehead atoms. The van der Waals surface area contributed by atoms with Crippen LogP contribution in [0.5, 0.6) is 0 Å². The molecule has 1 saturated heterocycles. The Morgan fingerprint density at radius 1 is 1.03 bits per heavy atom. The lowest BCUT2D eigenvalue weighted by molar-refractivity contribution is -0.174. The fraction of sp³-hybridized carbons (Fsp3) is 0.300. The van der Waals surface area contributed by atoms with Gasteiger partial charge in [-0.15, -0.1) is 0 Å². The second-order valence-corrected chi connectivity index (χ2v) is 6.76. The summed E-state index contributed by atoms with van der Waals surface area (Å²) in [6.45, 7) is 1.97. The number of hydrazine groups is 1. The molecule has 1 aromatic carbocycles. The minimum atomic E-state index is -5.13. The molecule has 0 atom stereocenters. The van der Waals surface area contributed by atoms with Crippen LogP contribution in [0.1, 0.15) is 16.1 Å². The van der Waals surface area contributed by atoms with E-state index >= 15 is 0 Å². The second kappa shape index (κ2) is 10.1. The average molecular weight is 451 g/mol. The molecule has 1 fully saturated rings. The molecule has 1 aliphatic heterocycles. The van der Waals surface area contributed by atoms with E-state index in [0.717, 1.165) is 0 Å². The Morgan fingerprint density at radius 2 is 1.72 bits per heavy atom. The Balaban J connectivity index is 1.69. The molecular weight excluding hydrogens is 431 g/mol. The van der Waals surface area contributed by atoms with Crippen LogP contribution in [0.15, 0.2) is 48.7 Å². The van der Waals surface area contributed by atoms with Crippen LogP contribution < -0.4 is 15.8 Å². The lowest BCUT2D eigenvalue weighted by atomic mass is 10.2. The van der Waals surface area contributed by atoms with Gasteiger partial charge in [-0.05, 0) is 23.8 Å². The van der Waals surface area contributed by atoms with Crippen LogP contribution in [0.3, 0.4) is 0 Å². The van der Waals surface area contributed by atoms with Crippen LogP contribution in [-0.2, 0) is 16.1 Å². The Bertz CT molecular complexity index is 948. The van der Waals surface area contributed by atoms with Crippen LogP contribution in [-0.4, -0.2) is 60.2 Å². The molecule has 170 valence electrons. The maximum atomic E-state index is 13.1. The van der Waals surface area contributed by atoms with Crippen molar-refractivity contribution in [3.63, 3.8) is 0 Å². The smallest absolute Gasteiger partial charge is 0.378 e. The number of halogens is 3. The van der Waals surface area contributed by atoms with E-state index < -0.39 is 18.0 Å². The van der Waals surface area contributed by atoms with Crippen LogP contribution in [0.25, 0.3) is 0 Å². The number of carbonyl (C=O) groups excluding carboxylic acids is 3. The number of amides is 4. The van der Waals surface area contributed by atoms with Gasteiger partial charge in [0, 0.05) is 25.0 Å². The van der Waals surface area contributed by atoms with Gasteiger partial charge in [0.25, 0.3) is 5.91 Å². The highest BCUT2D eigenvalue weighted by Crippen LogP contribution is 2.19. The zero-order valence-electron chi connectivity index (χ0n) is 16.8. The number of ether oxygens (including phenoxy) is 1. The van der Waals surface area contributed by atoms with E-state index in [4.69, 9.17) is 4.74 Å². The molecule has 1 aromatic heterocycles. The summed E-state index contributed by atoms with van der Waals surface area (Å²) in [6.07, 6.45) is -3.79. The van der Waals surface area contributed by atoms with E-state index in [-0.39, 0.29) is 18.3 Å². The van der Waals surface area contributed by atoms with Crippen molar-refractivity contribution in [2.45, 2.75) is 12.7 Å². The molecule has 2 aromatic rings. The molecule has 12 heteroatoms. The number of urea groups is 1. The van der Waals surface area contributed by atoms with Gasteiger partial charge < -0.3 is 9.64 Å². The third-order valence-corrected chi connectivity index (χ3v) is 4.53. The first kappa shape index (κ1) is 23.0. The molecule has 0 aliphatic carbocycles. The van der Waals surface area contributed by atoms with E-state index in [1.807, 2.05) is 6.07 Å². The molecule has 0 unspecified atom stereocenters. The first-order valence-electron chi connectivity index (χ1n) is 9.57.